The third-order valence-corrected chi connectivity index (χ3v) is 6.72. The van der Waals surface area contributed by atoms with Crippen LogP contribution in [-0.2, 0) is 11.4 Å². The van der Waals surface area contributed by atoms with E-state index in [1.54, 1.807) is 47.4 Å². The molecule has 0 atom stereocenters. The van der Waals surface area contributed by atoms with E-state index in [0.29, 0.717) is 62.6 Å². The van der Waals surface area contributed by atoms with E-state index in [9.17, 15) is 9.18 Å². The summed E-state index contributed by atoms with van der Waals surface area (Å²) in [6.45, 7) is 4.90. The number of halogens is 3. The summed E-state index contributed by atoms with van der Waals surface area (Å²) < 4.78 is 25.0. The van der Waals surface area contributed by atoms with Crippen LogP contribution in [0.4, 0.5) is 10.1 Å². The predicted octanol–water partition coefficient (Wildman–Crippen LogP) is 7.73. The van der Waals surface area contributed by atoms with Crippen LogP contribution in [0.25, 0.3) is 6.08 Å². The number of benzene rings is 3. The number of carbonyl (C=O) groups excluding carboxylic acids is 1. The molecule has 1 aliphatic heterocycles. The zero-order valence-electron chi connectivity index (χ0n) is 19.6. The van der Waals surface area contributed by atoms with Crippen molar-refractivity contribution >= 4 is 57.8 Å². The number of aliphatic imine (C=N–C) groups is 1. The second kappa shape index (κ2) is 11.8. The van der Waals surface area contributed by atoms with Gasteiger partial charge >= 0.3 is 0 Å². The maximum atomic E-state index is 13.2. The maximum Gasteiger partial charge on any atom is 0.266 e. The highest BCUT2D eigenvalue weighted by molar-refractivity contribution is 8.18. The maximum absolute atomic E-state index is 13.2. The Morgan fingerprint density at radius 2 is 1.75 bits per heavy atom. The Kier molecular flexibility index (Phi) is 8.56. The molecule has 0 unspecified atom stereocenters. The van der Waals surface area contributed by atoms with Gasteiger partial charge in [0, 0.05) is 11.6 Å². The molecule has 9 heteroatoms. The van der Waals surface area contributed by atoms with Crippen molar-refractivity contribution < 1.29 is 18.7 Å². The third kappa shape index (κ3) is 6.22. The summed E-state index contributed by atoms with van der Waals surface area (Å²) in [5.74, 6) is 0.397. The minimum Gasteiger partial charge on any atom is -0.490 e. The lowest BCUT2D eigenvalue weighted by molar-refractivity contribution is -0.122. The van der Waals surface area contributed by atoms with E-state index in [1.807, 2.05) is 26.0 Å². The van der Waals surface area contributed by atoms with Gasteiger partial charge in [0.25, 0.3) is 5.91 Å². The summed E-state index contributed by atoms with van der Waals surface area (Å²) in [5, 5.41) is 1.54. The van der Waals surface area contributed by atoms with Crippen molar-refractivity contribution in [2.75, 3.05) is 13.2 Å². The van der Waals surface area contributed by atoms with Crippen LogP contribution in [0.5, 0.6) is 11.5 Å². The smallest absolute Gasteiger partial charge is 0.266 e. The van der Waals surface area contributed by atoms with Crippen LogP contribution in [0.3, 0.4) is 0 Å². The molecule has 1 fully saturated rings. The standard InChI is InChI=1S/C27H23Cl2FN2O3S/c1-3-32-26(33)24(36-27(32)31-21-11-9-20(30)10-12-21)15-18-13-22(29)25(23(14-18)34-4-2)35-16-17-5-7-19(28)8-6-17/h5-15H,3-4,16H2,1-2H3/b24-15+,31-27?. The van der Waals surface area contributed by atoms with Gasteiger partial charge in [-0.2, -0.15) is 0 Å². The first-order chi connectivity index (χ1) is 17.4. The van der Waals surface area contributed by atoms with Crippen LogP contribution in [0.15, 0.2) is 70.6 Å². The van der Waals surface area contributed by atoms with Gasteiger partial charge in [0.05, 0.1) is 22.2 Å². The first-order valence-electron chi connectivity index (χ1n) is 11.3. The van der Waals surface area contributed by atoms with Gasteiger partial charge in [-0.1, -0.05) is 35.3 Å². The molecule has 0 aliphatic carbocycles. The Balaban J connectivity index is 1.60. The topological polar surface area (TPSA) is 51.1 Å². The van der Waals surface area contributed by atoms with Crippen molar-refractivity contribution in [3.63, 3.8) is 0 Å². The van der Waals surface area contributed by atoms with Crippen LogP contribution in [0, 0.1) is 5.82 Å². The fourth-order valence-electron chi connectivity index (χ4n) is 3.46. The van der Waals surface area contributed by atoms with E-state index in [-0.39, 0.29) is 11.7 Å². The van der Waals surface area contributed by atoms with Crippen molar-refractivity contribution in [1.82, 2.24) is 4.90 Å². The SMILES string of the molecule is CCOc1cc(/C=C2/SC(=Nc3ccc(F)cc3)N(CC)C2=O)cc(Cl)c1OCc1ccc(Cl)cc1. The van der Waals surface area contributed by atoms with Gasteiger partial charge in [-0.25, -0.2) is 9.38 Å². The zero-order valence-corrected chi connectivity index (χ0v) is 22.0. The van der Waals surface area contributed by atoms with E-state index in [1.165, 1.54) is 23.9 Å². The minimum atomic E-state index is -0.343. The van der Waals surface area contributed by atoms with Gasteiger partial charge in [0.2, 0.25) is 0 Å². The number of hydrogen-bond acceptors (Lipinski definition) is 5. The highest BCUT2D eigenvalue weighted by atomic mass is 35.5. The number of hydrogen-bond donors (Lipinski definition) is 0. The lowest BCUT2D eigenvalue weighted by Gasteiger charge is -2.15. The van der Waals surface area contributed by atoms with Crippen LogP contribution in [0.1, 0.15) is 25.0 Å². The quantitative estimate of drug-likeness (QED) is 0.272. The molecule has 1 heterocycles. The molecule has 0 bridgehead atoms. The van der Waals surface area contributed by atoms with Crippen LogP contribution >= 0.6 is 35.0 Å². The minimum absolute atomic E-state index is 0.166. The lowest BCUT2D eigenvalue weighted by Crippen LogP contribution is -2.28. The Morgan fingerprint density at radius 1 is 1.03 bits per heavy atom. The van der Waals surface area contributed by atoms with E-state index < -0.39 is 0 Å². The van der Waals surface area contributed by atoms with Crippen molar-refractivity contribution in [3.8, 4) is 11.5 Å². The van der Waals surface area contributed by atoms with Gasteiger partial charge in [-0.15, -0.1) is 0 Å². The van der Waals surface area contributed by atoms with Gasteiger partial charge in [0.15, 0.2) is 16.7 Å². The van der Waals surface area contributed by atoms with Crippen LogP contribution in [-0.4, -0.2) is 29.1 Å². The van der Waals surface area contributed by atoms with Crippen molar-refractivity contribution in [1.29, 1.82) is 0 Å². The molecule has 3 aromatic rings. The van der Waals surface area contributed by atoms with E-state index in [0.717, 1.165) is 5.56 Å². The number of carbonyl (C=O) groups is 1. The number of ether oxygens (including phenoxy) is 2. The summed E-state index contributed by atoms with van der Waals surface area (Å²) in [6, 6.07) is 16.7. The molecule has 36 heavy (non-hydrogen) atoms. The Bertz CT molecular complexity index is 1310. The third-order valence-electron chi connectivity index (χ3n) is 5.18. The molecule has 0 aromatic heterocycles. The summed E-state index contributed by atoms with van der Waals surface area (Å²) in [4.78, 5) is 19.6. The Labute approximate surface area is 223 Å². The molecule has 0 radical (unpaired) electrons. The second-order valence-corrected chi connectivity index (χ2v) is 9.56. The van der Waals surface area contributed by atoms with Gasteiger partial charge in [-0.05, 0) is 91.3 Å². The number of amidine groups is 1. The molecule has 186 valence electrons. The fraction of sp³-hybridized carbons (Fsp3) is 0.185. The van der Waals surface area contributed by atoms with E-state index in [2.05, 4.69) is 4.99 Å². The monoisotopic (exact) mass is 544 g/mol. The van der Waals surface area contributed by atoms with Crippen LogP contribution in [0.2, 0.25) is 10.0 Å². The van der Waals surface area contributed by atoms with Gasteiger partial charge in [-0.3, -0.25) is 9.69 Å². The average Bonchev–Trinajstić information content (AvgIpc) is 3.14. The molecule has 3 aromatic carbocycles. The van der Waals surface area contributed by atoms with Gasteiger partial charge < -0.3 is 9.47 Å². The number of likely N-dealkylation sites (N-methyl/N-ethyl adjacent to an activating group) is 1. The molecule has 4 rings (SSSR count). The Hall–Kier alpha value is -3.00. The van der Waals surface area contributed by atoms with E-state index in [4.69, 9.17) is 32.7 Å². The molecule has 1 amide bonds. The van der Waals surface area contributed by atoms with Gasteiger partial charge in [0.1, 0.15) is 12.4 Å². The molecule has 1 aliphatic rings. The number of rotatable bonds is 8. The average molecular weight is 545 g/mol. The van der Waals surface area contributed by atoms with E-state index >= 15 is 0 Å². The summed E-state index contributed by atoms with van der Waals surface area (Å²) in [7, 11) is 0. The predicted molar refractivity (Wildman–Crippen MR) is 145 cm³/mol. The normalized spacial score (nSPS) is 15.7. The Morgan fingerprint density at radius 3 is 2.42 bits per heavy atom. The number of amides is 1. The second-order valence-electron chi connectivity index (χ2n) is 7.71. The van der Waals surface area contributed by atoms with Crippen molar-refractivity contribution in [2.24, 2.45) is 4.99 Å². The molecule has 0 N–H and O–H groups in total. The highest BCUT2D eigenvalue weighted by Crippen LogP contribution is 2.40. The largest absolute Gasteiger partial charge is 0.490 e. The number of thioether (sulfide) groups is 1. The highest BCUT2D eigenvalue weighted by Gasteiger charge is 2.32. The fourth-order valence-corrected chi connectivity index (χ4v) is 4.92. The van der Waals surface area contributed by atoms with Crippen molar-refractivity contribution in [3.05, 3.63) is 92.6 Å². The zero-order chi connectivity index (χ0) is 25.7. The lowest BCUT2D eigenvalue weighted by atomic mass is 10.1. The summed E-state index contributed by atoms with van der Waals surface area (Å²) in [5.41, 5.74) is 2.19. The molecular weight excluding hydrogens is 522 g/mol. The molecular formula is C27H23Cl2FN2O3S. The summed E-state index contributed by atoms with van der Waals surface area (Å²) in [6.07, 6.45) is 1.75. The number of nitrogens with zero attached hydrogens (tertiary/aromatic N) is 2. The van der Waals surface area contributed by atoms with Crippen molar-refractivity contribution in [2.45, 2.75) is 20.5 Å². The first kappa shape index (κ1) is 26.1. The molecule has 0 saturated carbocycles. The van der Waals surface area contributed by atoms with Crippen LogP contribution < -0.4 is 9.47 Å². The first-order valence-corrected chi connectivity index (χ1v) is 12.8. The summed E-state index contributed by atoms with van der Waals surface area (Å²) >= 11 is 13.8. The molecule has 5 nitrogen and oxygen atoms in total. The molecule has 1 saturated heterocycles. The molecule has 0 spiro atoms.